The number of amides is 2. The third-order valence-corrected chi connectivity index (χ3v) is 4.60. The maximum atomic E-state index is 12.9. The maximum Gasteiger partial charge on any atom is 0.317 e. The fourth-order valence-electron chi connectivity index (χ4n) is 3.19. The number of piperidine rings is 1. The van der Waals surface area contributed by atoms with E-state index >= 15 is 0 Å². The molecule has 3 fully saturated rings. The summed E-state index contributed by atoms with van der Waals surface area (Å²) in [4.78, 5) is 13.6. The van der Waals surface area contributed by atoms with Crippen molar-refractivity contribution in [2.75, 3.05) is 13.1 Å². The van der Waals surface area contributed by atoms with E-state index < -0.39 is 6.17 Å². The maximum absolute atomic E-state index is 12.9. The summed E-state index contributed by atoms with van der Waals surface area (Å²) in [7, 11) is 0. The minimum absolute atomic E-state index is 0.0222. The van der Waals surface area contributed by atoms with Gasteiger partial charge in [0.25, 0.3) is 0 Å². The lowest BCUT2D eigenvalue weighted by atomic mass is 9.76. The van der Waals surface area contributed by atoms with E-state index in [9.17, 15) is 9.18 Å². The van der Waals surface area contributed by atoms with Crippen molar-refractivity contribution >= 4 is 6.03 Å². The number of nitrogens with one attached hydrogen (secondary N) is 1. The van der Waals surface area contributed by atoms with E-state index in [-0.39, 0.29) is 6.03 Å². The van der Waals surface area contributed by atoms with Crippen LogP contribution in [0.1, 0.15) is 32.1 Å². The number of halogens is 1. The molecule has 3 N–H and O–H groups in total. The highest BCUT2D eigenvalue weighted by Crippen LogP contribution is 2.59. The van der Waals surface area contributed by atoms with Crippen LogP contribution >= 0.6 is 0 Å². The molecule has 1 heterocycles. The minimum Gasteiger partial charge on any atom is -0.335 e. The molecule has 0 aromatic carbocycles. The number of nitrogens with zero attached hydrogens (tertiary/aromatic N) is 1. The number of rotatable bonds is 1. The Hall–Kier alpha value is -0.840. The Morgan fingerprint density at radius 2 is 1.88 bits per heavy atom. The number of nitrogens with two attached hydrogens (primary N) is 1. The molecule has 96 valence electrons. The number of hydrogen-bond acceptors (Lipinski definition) is 2. The van der Waals surface area contributed by atoms with Crippen molar-refractivity contribution in [3.8, 4) is 0 Å². The number of hydrogen-bond donors (Lipinski definition) is 2. The highest BCUT2D eigenvalue weighted by atomic mass is 19.1. The quantitative estimate of drug-likeness (QED) is 0.720. The standard InChI is InChI=1S/C12H20FN3O/c13-8-1-3-16(4-2-8)11(17)15-9-5-12(6-9)7-10(12)14/h8-10H,1-7,14H2,(H,15,17). The fourth-order valence-corrected chi connectivity index (χ4v) is 3.19. The normalized spacial score (nSPS) is 41.2. The van der Waals surface area contributed by atoms with Gasteiger partial charge in [-0.25, -0.2) is 9.18 Å². The number of carbonyl (C=O) groups excluding carboxylic acids is 1. The molecule has 1 unspecified atom stereocenters. The second-order valence-corrected chi connectivity index (χ2v) is 5.89. The smallest absolute Gasteiger partial charge is 0.317 e. The molecule has 2 saturated carbocycles. The van der Waals surface area contributed by atoms with Gasteiger partial charge in [0.15, 0.2) is 0 Å². The number of alkyl halides is 1. The lowest BCUT2D eigenvalue weighted by Gasteiger charge is -2.39. The summed E-state index contributed by atoms with van der Waals surface area (Å²) < 4.78 is 12.9. The summed E-state index contributed by atoms with van der Waals surface area (Å²) in [6.07, 6.45) is 3.40. The molecule has 4 nitrogen and oxygen atoms in total. The van der Waals surface area contributed by atoms with Crippen molar-refractivity contribution in [2.24, 2.45) is 11.1 Å². The van der Waals surface area contributed by atoms with Gasteiger partial charge in [-0.2, -0.15) is 0 Å². The third-order valence-electron chi connectivity index (χ3n) is 4.60. The first-order valence-electron chi connectivity index (χ1n) is 6.54. The van der Waals surface area contributed by atoms with Crippen LogP contribution in [0.3, 0.4) is 0 Å². The van der Waals surface area contributed by atoms with E-state index in [0.717, 1.165) is 19.3 Å². The SMILES string of the molecule is NC1CC12CC(NC(=O)N1CCC(F)CC1)C2. The molecular weight excluding hydrogens is 221 g/mol. The predicted octanol–water partition coefficient (Wildman–Crippen LogP) is 1.01. The summed E-state index contributed by atoms with van der Waals surface area (Å²) in [5, 5.41) is 3.03. The third kappa shape index (κ3) is 2.01. The Balaban J connectivity index is 1.42. The second-order valence-electron chi connectivity index (χ2n) is 5.89. The Kier molecular flexibility index (Phi) is 2.54. The van der Waals surface area contributed by atoms with Crippen LogP contribution in [-0.4, -0.2) is 42.3 Å². The molecule has 0 bridgehead atoms. The van der Waals surface area contributed by atoms with Gasteiger partial charge in [-0.3, -0.25) is 0 Å². The van der Waals surface area contributed by atoms with Crippen molar-refractivity contribution in [2.45, 2.75) is 50.4 Å². The van der Waals surface area contributed by atoms with E-state index in [1.54, 1.807) is 4.90 Å². The number of carbonyl (C=O) groups is 1. The van der Waals surface area contributed by atoms with Crippen molar-refractivity contribution in [1.82, 2.24) is 10.2 Å². The van der Waals surface area contributed by atoms with Gasteiger partial charge in [-0.1, -0.05) is 0 Å². The first-order valence-corrected chi connectivity index (χ1v) is 6.54. The van der Waals surface area contributed by atoms with Gasteiger partial charge in [0.05, 0.1) is 0 Å². The molecule has 1 saturated heterocycles. The Labute approximate surface area is 101 Å². The van der Waals surface area contributed by atoms with Crippen LogP contribution in [0.25, 0.3) is 0 Å². The highest BCUT2D eigenvalue weighted by molar-refractivity contribution is 5.74. The molecule has 3 rings (SSSR count). The van der Waals surface area contributed by atoms with Crippen LogP contribution in [-0.2, 0) is 0 Å². The molecule has 2 aliphatic carbocycles. The minimum atomic E-state index is -0.726. The average molecular weight is 241 g/mol. The molecular formula is C12H20FN3O. The van der Waals surface area contributed by atoms with Crippen LogP contribution in [0, 0.1) is 5.41 Å². The van der Waals surface area contributed by atoms with E-state index in [4.69, 9.17) is 5.73 Å². The lowest BCUT2D eigenvalue weighted by Crippen LogP contribution is -2.53. The van der Waals surface area contributed by atoms with E-state index in [2.05, 4.69) is 5.32 Å². The van der Waals surface area contributed by atoms with Crippen molar-refractivity contribution in [3.05, 3.63) is 0 Å². The van der Waals surface area contributed by atoms with Gasteiger partial charge in [-0.05, 0) is 37.5 Å². The summed E-state index contributed by atoms with van der Waals surface area (Å²) in [6, 6.07) is 0.628. The van der Waals surface area contributed by atoms with Crippen LogP contribution < -0.4 is 11.1 Å². The van der Waals surface area contributed by atoms with Crippen molar-refractivity contribution in [1.29, 1.82) is 0 Å². The molecule has 0 radical (unpaired) electrons. The van der Waals surface area contributed by atoms with Gasteiger partial charge < -0.3 is 16.0 Å². The topological polar surface area (TPSA) is 58.4 Å². The van der Waals surface area contributed by atoms with Gasteiger partial charge in [0.2, 0.25) is 0 Å². The molecule has 3 aliphatic rings. The van der Waals surface area contributed by atoms with E-state index in [0.29, 0.717) is 43.4 Å². The van der Waals surface area contributed by atoms with E-state index in [1.807, 2.05) is 0 Å². The van der Waals surface area contributed by atoms with Crippen LogP contribution in [0.2, 0.25) is 0 Å². The first kappa shape index (κ1) is 11.3. The van der Waals surface area contributed by atoms with Crippen LogP contribution in [0.4, 0.5) is 9.18 Å². The second kappa shape index (κ2) is 3.83. The van der Waals surface area contributed by atoms with Gasteiger partial charge in [0, 0.05) is 25.2 Å². The Bertz CT molecular complexity index is 322. The zero-order chi connectivity index (χ0) is 12.0. The van der Waals surface area contributed by atoms with Crippen LogP contribution in [0.5, 0.6) is 0 Å². The molecule has 1 atom stereocenters. The monoisotopic (exact) mass is 241 g/mol. The summed E-state index contributed by atoms with van der Waals surface area (Å²) in [6.45, 7) is 1.09. The van der Waals surface area contributed by atoms with Gasteiger partial charge >= 0.3 is 6.03 Å². The predicted molar refractivity (Wildman–Crippen MR) is 62.3 cm³/mol. The largest absolute Gasteiger partial charge is 0.335 e. The van der Waals surface area contributed by atoms with Crippen molar-refractivity contribution < 1.29 is 9.18 Å². The summed E-state index contributed by atoms with van der Waals surface area (Å²) >= 11 is 0. The van der Waals surface area contributed by atoms with E-state index in [1.165, 1.54) is 0 Å². The summed E-state index contributed by atoms with van der Waals surface area (Å²) in [5.74, 6) is 0. The Morgan fingerprint density at radius 1 is 1.29 bits per heavy atom. The molecule has 17 heavy (non-hydrogen) atoms. The Morgan fingerprint density at radius 3 is 2.41 bits per heavy atom. The molecule has 2 amide bonds. The first-order chi connectivity index (χ1) is 8.09. The molecule has 1 aliphatic heterocycles. The van der Waals surface area contributed by atoms with Crippen LogP contribution in [0.15, 0.2) is 0 Å². The summed E-state index contributed by atoms with van der Waals surface area (Å²) in [5.41, 5.74) is 6.21. The van der Waals surface area contributed by atoms with Crippen molar-refractivity contribution in [3.63, 3.8) is 0 Å². The molecule has 5 heteroatoms. The van der Waals surface area contributed by atoms with Gasteiger partial charge in [0.1, 0.15) is 6.17 Å². The number of urea groups is 1. The lowest BCUT2D eigenvalue weighted by molar-refractivity contribution is 0.134. The zero-order valence-electron chi connectivity index (χ0n) is 9.99. The van der Waals surface area contributed by atoms with Gasteiger partial charge in [-0.15, -0.1) is 0 Å². The highest BCUT2D eigenvalue weighted by Gasteiger charge is 2.60. The zero-order valence-corrected chi connectivity index (χ0v) is 9.99. The average Bonchev–Trinajstić information content (AvgIpc) is 2.90. The fraction of sp³-hybridized carbons (Fsp3) is 0.917. The molecule has 0 aromatic rings. The molecule has 1 spiro atoms. The number of likely N-dealkylation sites (tertiary alicyclic amines) is 1. The molecule has 0 aromatic heterocycles.